The minimum atomic E-state index is -1.15. The number of carboxylic acids is 1. The fourth-order valence-corrected chi connectivity index (χ4v) is 4.10. The Balaban J connectivity index is 2.98. The van der Waals surface area contributed by atoms with Crippen LogP contribution in [-0.2, 0) is 19.2 Å². The van der Waals surface area contributed by atoms with E-state index >= 15 is 0 Å². The summed E-state index contributed by atoms with van der Waals surface area (Å²) in [5.74, 6) is -2.67. The highest BCUT2D eigenvalue weighted by Gasteiger charge is 2.38. The number of guanidine groups is 1. The van der Waals surface area contributed by atoms with Crippen LogP contribution in [0.2, 0.25) is 0 Å². The summed E-state index contributed by atoms with van der Waals surface area (Å²) in [6, 6.07) is -3.54. The van der Waals surface area contributed by atoms with Crippen molar-refractivity contribution in [2.45, 2.75) is 90.4 Å². The molecule has 1 aliphatic rings. The highest BCUT2D eigenvalue weighted by Crippen LogP contribution is 2.20. The lowest BCUT2D eigenvalue weighted by molar-refractivity contribution is -0.144. The third-order valence-electron chi connectivity index (χ3n) is 6.24. The summed E-state index contributed by atoms with van der Waals surface area (Å²) in [4.78, 5) is 56.1. The summed E-state index contributed by atoms with van der Waals surface area (Å²) in [6.07, 6.45) is 2.73. The van der Waals surface area contributed by atoms with Crippen molar-refractivity contribution < 1.29 is 24.3 Å². The van der Waals surface area contributed by atoms with Crippen LogP contribution in [0.1, 0.15) is 66.2 Å². The Hall–Kier alpha value is -2.89. The first kappa shape index (κ1) is 30.1. The molecule has 0 radical (unpaired) electrons. The molecule has 0 aliphatic carbocycles. The van der Waals surface area contributed by atoms with E-state index in [2.05, 4.69) is 15.6 Å². The van der Waals surface area contributed by atoms with E-state index < -0.39 is 42.0 Å². The van der Waals surface area contributed by atoms with Crippen molar-refractivity contribution >= 4 is 29.7 Å². The number of aliphatic carboxylic acids is 1. The van der Waals surface area contributed by atoms with Crippen LogP contribution in [0.5, 0.6) is 0 Å². The third-order valence-corrected chi connectivity index (χ3v) is 6.24. The molecule has 0 aromatic carbocycles. The summed E-state index contributed by atoms with van der Waals surface area (Å²) in [6.45, 7) is 8.16. The van der Waals surface area contributed by atoms with E-state index in [9.17, 15) is 24.3 Å². The number of rotatable bonds is 14. The lowest BCUT2D eigenvalue weighted by atomic mass is 9.98. The van der Waals surface area contributed by atoms with Crippen LogP contribution in [0.3, 0.4) is 0 Å². The number of nitrogens with zero attached hydrogens (tertiary/aromatic N) is 2. The highest BCUT2D eigenvalue weighted by molar-refractivity contribution is 5.94. The number of hydrogen-bond acceptors (Lipinski definition) is 6. The number of nitrogens with two attached hydrogens (primary N) is 3. The highest BCUT2D eigenvalue weighted by atomic mass is 16.4. The third kappa shape index (κ3) is 9.71. The molecule has 1 fully saturated rings. The molecule has 0 aromatic rings. The van der Waals surface area contributed by atoms with E-state index in [4.69, 9.17) is 17.2 Å². The van der Waals surface area contributed by atoms with E-state index in [0.29, 0.717) is 38.6 Å². The second-order valence-electron chi connectivity index (χ2n) is 9.65. The first-order valence-corrected chi connectivity index (χ1v) is 12.3. The quantitative estimate of drug-likeness (QED) is 0.104. The normalized spacial score (nSPS) is 18.9. The van der Waals surface area contributed by atoms with E-state index in [1.54, 1.807) is 6.92 Å². The maximum absolute atomic E-state index is 13.2. The van der Waals surface area contributed by atoms with Crippen molar-refractivity contribution in [3.05, 3.63) is 0 Å². The number of carbonyl (C=O) groups excluding carboxylic acids is 3. The molecule has 12 heteroatoms. The zero-order valence-electron chi connectivity index (χ0n) is 21.3. The Bertz CT molecular complexity index is 769. The summed E-state index contributed by atoms with van der Waals surface area (Å²) >= 11 is 0. The lowest BCUT2D eigenvalue weighted by Crippen LogP contribution is -2.57. The van der Waals surface area contributed by atoms with Crippen LogP contribution < -0.4 is 27.8 Å². The van der Waals surface area contributed by atoms with E-state index in [-0.39, 0.29) is 36.7 Å². The van der Waals surface area contributed by atoms with Gasteiger partial charge in [0.1, 0.15) is 18.1 Å². The average molecular weight is 498 g/mol. The molecule has 0 saturated carbocycles. The predicted octanol–water partition coefficient (Wildman–Crippen LogP) is -0.495. The molecule has 5 atom stereocenters. The summed E-state index contributed by atoms with van der Waals surface area (Å²) in [5.41, 5.74) is 16.8. The molecule has 5 unspecified atom stereocenters. The molecular formula is C23H43N7O5. The van der Waals surface area contributed by atoms with Gasteiger partial charge >= 0.3 is 5.97 Å². The van der Waals surface area contributed by atoms with Crippen molar-refractivity contribution in [1.29, 1.82) is 0 Å². The van der Waals surface area contributed by atoms with Gasteiger partial charge in [0.15, 0.2) is 5.96 Å². The van der Waals surface area contributed by atoms with Gasteiger partial charge < -0.3 is 37.8 Å². The smallest absolute Gasteiger partial charge is 0.326 e. The number of carbonyl (C=O) groups is 4. The van der Waals surface area contributed by atoms with Crippen LogP contribution in [0.4, 0.5) is 0 Å². The molecule has 1 saturated heterocycles. The molecule has 9 N–H and O–H groups in total. The van der Waals surface area contributed by atoms with Gasteiger partial charge in [-0.2, -0.15) is 0 Å². The number of likely N-dealkylation sites (tertiary alicyclic amines) is 1. The van der Waals surface area contributed by atoms with Gasteiger partial charge in [0.25, 0.3) is 0 Å². The van der Waals surface area contributed by atoms with Gasteiger partial charge in [-0.3, -0.25) is 19.4 Å². The average Bonchev–Trinajstić information content (AvgIpc) is 3.27. The Morgan fingerprint density at radius 3 is 2.34 bits per heavy atom. The summed E-state index contributed by atoms with van der Waals surface area (Å²) < 4.78 is 0. The second-order valence-corrected chi connectivity index (χ2v) is 9.65. The molecule has 3 amide bonds. The SMILES string of the molecule is CCC(C)C(NC(=O)C(CCCN=C(N)N)NC(=O)C1CCCN1C(=O)C(N)CC(C)C)C(=O)O. The van der Waals surface area contributed by atoms with Crippen molar-refractivity contribution in [2.24, 2.45) is 34.0 Å². The molecule has 35 heavy (non-hydrogen) atoms. The van der Waals surface area contributed by atoms with Crippen LogP contribution in [0.25, 0.3) is 0 Å². The Morgan fingerprint density at radius 2 is 1.80 bits per heavy atom. The van der Waals surface area contributed by atoms with Gasteiger partial charge in [0.05, 0.1) is 6.04 Å². The molecular weight excluding hydrogens is 454 g/mol. The molecule has 12 nitrogen and oxygen atoms in total. The molecule has 0 bridgehead atoms. The van der Waals surface area contributed by atoms with Crippen molar-refractivity contribution in [3.8, 4) is 0 Å². The van der Waals surface area contributed by atoms with Gasteiger partial charge in [0.2, 0.25) is 17.7 Å². The van der Waals surface area contributed by atoms with Gasteiger partial charge in [-0.25, -0.2) is 4.79 Å². The van der Waals surface area contributed by atoms with Crippen molar-refractivity contribution in [1.82, 2.24) is 15.5 Å². The van der Waals surface area contributed by atoms with Crippen LogP contribution >= 0.6 is 0 Å². The number of amides is 3. The van der Waals surface area contributed by atoms with Crippen molar-refractivity contribution in [3.63, 3.8) is 0 Å². The fourth-order valence-electron chi connectivity index (χ4n) is 4.10. The number of aliphatic imine (C=N–C) groups is 1. The maximum atomic E-state index is 13.2. The molecule has 1 heterocycles. The van der Waals surface area contributed by atoms with E-state index in [1.807, 2.05) is 20.8 Å². The Labute approximate surface area is 207 Å². The number of hydrogen-bond donors (Lipinski definition) is 6. The summed E-state index contributed by atoms with van der Waals surface area (Å²) in [5, 5.41) is 14.8. The lowest BCUT2D eigenvalue weighted by Gasteiger charge is -2.29. The first-order chi connectivity index (χ1) is 16.4. The van der Waals surface area contributed by atoms with Crippen molar-refractivity contribution in [2.75, 3.05) is 13.1 Å². The van der Waals surface area contributed by atoms with Crippen LogP contribution in [0, 0.1) is 11.8 Å². The van der Waals surface area contributed by atoms with Crippen LogP contribution in [-0.4, -0.2) is 76.9 Å². The Morgan fingerprint density at radius 1 is 1.14 bits per heavy atom. The Kier molecular flexibility index (Phi) is 12.5. The molecule has 1 aliphatic heterocycles. The van der Waals surface area contributed by atoms with Crippen LogP contribution in [0.15, 0.2) is 4.99 Å². The van der Waals surface area contributed by atoms with E-state index in [1.165, 1.54) is 4.90 Å². The minimum Gasteiger partial charge on any atom is -0.480 e. The van der Waals surface area contributed by atoms with Gasteiger partial charge in [-0.15, -0.1) is 0 Å². The number of nitrogens with one attached hydrogen (secondary N) is 2. The molecule has 0 aromatic heterocycles. The molecule has 1 rings (SSSR count). The fraction of sp³-hybridized carbons (Fsp3) is 0.783. The standard InChI is InChI=1S/C23H43N7O5/c1-5-14(4)18(22(34)35)29-19(31)16(8-6-10-27-23(25)26)28-20(32)17-9-7-11-30(17)21(33)15(24)12-13(2)3/h13-18H,5-12,24H2,1-4H3,(H,28,32)(H,29,31)(H,34,35)(H4,25,26,27). The van der Waals surface area contributed by atoms with Gasteiger partial charge in [-0.1, -0.05) is 34.1 Å². The minimum absolute atomic E-state index is 0.0874. The van der Waals surface area contributed by atoms with Gasteiger partial charge in [-0.05, 0) is 43.9 Å². The second kappa shape index (κ2) is 14.5. The molecule has 0 spiro atoms. The zero-order valence-corrected chi connectivity index (χ0v) is 21.3. The maximum Gasteiger partial charge on any atom is 0.326 e. The number of carboxylic acid groups (broad SMARTS) is 1. The van der Waals surface area contributed by atoms with E-state index in [0.717, 1.165) is 0 Å². The summed E-state index contributed by atoms with van der Waals surface area (Å²) in [7, 11) is 0. The zero-order chi connectivity index (χ0) is 26.7. The molecule has 200 valence electrons. The largest absolute Gasteiger partial charge is 0.480 e. The topological polar surface area (TPSA) is 206 Å². The first-order valence-electron chi connectivity index (χ1n) is 12.3. The predicted molar refractivity (Wildman–Crippen MR) is 133 cm³/mol. The van der Waals surface area contributed by atoms with Gasteiger partial charge in [0, 0.05) is 13.1 Å². The monoisotopic (exact) mass is 497 g/mol.